The number of H-pyrrole nitrogens is 1. The van der Waals surface area contributed by atoms with Gasteiger partial charge >= 0.3 is 0 Å². The van der Waals surface area contributed by atoms with E-state index in [-0.39, 0.29) is 18.3 Å². The zero-order valence-electron chi connectivity index (χ0n) is 16.0. The Morgan fingerprint density at radius 3 is 2.80 bits per heavy atom. The molecular formula is C21H32N2O2. The van der Waals surface area contributed by atoms with Gasteiger partial charge in [-0.25, -0.2) is 0 Å². The highest BCUT2D eigenvalue weighted by atomic mass is 16.5. The molecule has 2 unspecified atom stereocenters. The minimum Gasteiger partial charge on any atom is -0.396 e. The molecule has 2 heterocycles. The highest BCUT2D eigenvalue weighted by Gasteiger charge is 2.40. The third-order valence-corrected chi connectivity index (χ3v) is 5.59. The molecule has 25 heavy (non-hydrogen) atoms. The monoisotopic (exact) mass is 344 g/mol. The van der Waals surface area contributed by atoms with Crippen LogP contribution in [0.25, 0.3) is 10.9 Å². The van der Waals surface area contributed by atoms with Gasteiger partial charge < -0.3 is 14.8 Å². The first-order valence-corrected chi connectivity index (χ1v) is 9.61. The molecule has 3 rings (SSSR count). The number of fused-ring (bicyclic) bond motifs is 3. The van der Waals surface area contributed by atoms with Crippen LogP contribution in [0.3, 0.4) is 0 Å². The van der Waals surface area contributed by atoms with Gasteiger partial charge in [-0.1, -0.05) is 25.1 Å². The van der Waals surface area contributed by atoms with Crippen molar-refractivity contribution in [2.45, 2.75) is 64.7 Å². The van der Waals surface area contributed by atoms with Crippen LogP contribution in [0.2, 0.25) is 0 Å². The Hall–Kier alpha value is -1.36. The van der Waals surface area contributed by atoms with Crippen molar-refractivity contribution in [2.24, 2.45) is 0 Å². The summed E-state index contributed by atoms with van der Waals surface area (Å²) in [6.07, 6.45) is 2.70. The van der Waals surface area contributed by atoms with Gasteiger partial charge in [0.1, 0.15) is 5.60 Å². The van der Waals surface area contributed by atoms with Crippen LogP contribution in [0.4, 0.5) is 0 Å². The van der Waals surface area contributed by atoms with Crippen molar-refractivity contribution in [1.82, 2.24) is 9.88 Å². The minimum absolute atomic E-state index is 0.178. The number of rotatable bonds is 7. The van der Waals surface area contributed by atoms with E-state index in [2.05, 4.69) is 61.8 Å². The lowest BCUT2D eigenvalue weighted by atomic mass is 9.86. The Morgan fingerprint density at radius 2 is 2.12 bits per heavy atom. The molecule has 0 aliphatic carbocycles. The maximum absolute atomic E-state index is 9.35. The van der Waals surface area contributed by atoms with Crippen molar-refractivity contribution in [3.8, 4) is 0 Å². The van der Waals surface area contributed by atoms with Gasteiger partial charge in [0.25, 0.3) is 0 Å². The molecular weight excluding hydrogens is 312 g/mol. The molecule has 1 aliphatic heterocycles. The molecule has 0 radical (unpaired) electrons. The van der Waals surface area contributed by atoms with E-state index in [4.69, 9.17) is 4.74 Å². The number of para-hydroxylation sites is 1. The van der Waals surface area contributed by atoms with E-state index in [1.165, 1.54) is 22.2 Å². The van der Waals surface area contributed by atoms with Crippen molar-refractivity contribution >= 4 is 10.9 Å². The lowest BCUT2D eigenvalue weighted by Gasteiger charge is -2.41. The number of aromatic amines is 1. The number of ether oxygens (including phenoxy) is 1. The molecule has 0 bridgehead atoms. The molecule has 2 N–H and O–H groups in total. The molecule has 1 aliphatic rings. The summed E-state index contributed by atoms with van der Waals surface area (Å²) in [5.74, 6) is 0. The minimum atomic E-state index is -0.365. The Labute approximate surface area is 151 Å². The van der Waals surface area contributed by atoms with Crippen LogP contribution in [0, 0.1) is 0 Å². The Kier molecular flexibility index (Phi) is 5.52. The first-order chi connectivity index (χ1) is 12.0. The van der Waals surface area contributed by atoms with Gasteiger partial charge in [0.2, 0.25) is 0 Å². The molecule has 2 atom stereocenters. The molecule has 0 spiro atoms. The standard InChI is InChI=1S/C21H32N2O2/c1-5-23(15(2)3)14-16-13-18-17-9-6-7-10-19(17)22-20(18)21(4,25-16)11-8-12-24/h6-7,9-10,15-16,22,24H,5,8,11-14H2,1-4H3. The number of nitrogens with one attached hydrogen (secondary N) is 1. The van der Waals surface area contributed by atoms with Crippen LogP contribution in [0.5, 0.6) is 0 Å². The fourth-order valence-electron chi connectivity index (χ4n) is 4.23. The summed E-state index contributed by atoms with van der Waals surface area (Å²) in [6.45, 7) is 11.1. The summed E-state index contributed by atoms with van der Waals surface area (Å²) in [5.41, 5.74) is 3.41. The van der Waals surface area contributed by atoms with E-state index in [1.54, 1.807) is 0 Å². The third-order valence-electron chi connectivity index (χ3n) is 5.59. The number of hydrogen-bond acceptors (Lipinski definition) is 3. The van der Waals surface area contributed by atoms with Crippen molar-refractivity contribution in [2.75, 3.05) is 19.7 Å². The molecule has 0 amide bonds. The molecule has 4 nitrogen and oxygen atoms in total. The second-order valence-electron chi connectivity index (χ2n) is 7.71. The lowest BCUT2D eigenvalue weighted by Crippen LogP contribution is -2.46. The summed E-state index contributed by atoms with van der Waals surface area (Å²) in [6, 6.07) is 9.05. The van der Waals surface area contributed by atoms with E-state index in [9.17, 15) is 5.11 Å². The Bertz CT molecular complexity index is 709. The lowest BCUT2D eigenvalue weighted by molar-refractivity contribution is -0.118. The fraction of sp³-hybridized carbons (Fsp3) is 0.619. The maximum Gasteiger partial charge on any atom is 0.106 e. The molecule has 0 saturated heterocycles. The number of benzene rings is 1. The summed E-state index contributed by atoms with van der Waals surface area (Å²) in [4.78, 5) is 6.08. The quantitative estimate of drug-likeness (QED) is 0.802. The summed E-state index contributed by atoms with van der Waals surface area (Å²) >= 11 is 0. The predicted octanol–water partition coefficient (Wildman–Crippen LogP) is 3.83. The van der Waals surface area contributed by atoms with Crippen molar-refractivity contribution < 1.29 is 9.84 Å². The van der Waals surface area contributed by atoms with E-state index in [0.29, 0.717) is 6.04 Å². The molecule has 0 saturated carbocycles. The smallest absolute Gasteiger partial charge is 0.106 e. The second-order valence-corrected chi connectivity index (χ2v) is 7.71. The average molecular weight is 344 g/mol. The van der Waals surface area contributed by atoms with Crippen LogP contribution < -0.4 is 0 Å². The SMILES string of the molecule is CCN(CC1Cc2c([nH]c3ccccc23)C(C)(CCCO)O1)C(C)C. The zero-order valence-corrected chi connectivity index (χ0v) is 16.0. The molecule has 2 aromatic rings. The first-order valence-electron chi connectivity index (χ1n) is 9.61. The van der Waals surface area contributed by atoms with Crippen molar-refractivity contribution in [3.05, 3.63) is 35.5 Å². The number of aliphatic hydroxyl groups is 1. The second kappa shape index (κ2) is 7.48. The number of nitrogens with zero attached hydrogens (tertiary/aromatic N) is 1. The molecule has 1 aromatic heterocycles. The van der Waals surface area contributed by atoms with E-state index >= 15 is 0 Å². The first kappa shape index (κ1) is 18.4. The maximum atomic E-state index is 9.35. The van der Waals surface area contributed by atoms with E-state index in [1.807, 2.05) is 0 Å². The number of aromatic nitrogens is 1. The van der Waals surface area contributed by atoms with Gasteiger partial charge in [0, 0.05) is 36.5 Å². The van der Waals surface area contributed by atoms with Crippen LogP contribution in [-0.4, -0.2) is 46.8 Å². The predicted molar refractivity (Wildman–Crippen MR) is 103 cm³/mol. The number of hydrogen-bond donors (Lipinski definition) is 2. The van der Waals surface area contributed by atoms with Crippen LogP contribution in [0.15, 0.2) is 24.3 Å². The normalized spacial score (nSPS) is 23.6. The molecule has 0 fully saturated rings. The van der Waals surface area contributed by atoms with Crippen molar-refractivity contribution in [1.29, 1.82) is 0 Å². The Balaban J connectivity index is 1.97. The molecule has 4 heteroatoms. The Morgan fingerprint density at radius 1 is 1.36 bits per heavy atom. The van der Waals surface area contributed by atoms with Crippen LogP contribution in [-0.2, 0) is 16.8 Å². The molecule has 1 aromatic carbocycles. The summed E-state index contributed by atoms with van der Waals surface area (Å²) in [7, 11) is 0. The topological polar surface area (TPSA) is 48.5 Å². The van der Waals surface area contributed by atoms with Crippen LogP contribution in [0.1, 0.15) is 51.8 Å². The zero-order chi connectivity index (χ0) is 18.0. The van der Waals surface area contributed by atoms with Gasteiger partial charge in [-0.05, 0) is 51.8 Å². The number of aliphatic hydroxyl groups excluding tert-OH is 1. The van der Waals surface area contributed by atoms with Gasteiger partial charge in [-0.3, -0.25) is 4.90 Å². The highest BCUT2D eigenvalue weighted by Crippen LogP contribution is 2.41. The fourth-order valence-corrected chi connectivity index (χ4v) is 4.23. The van der Waals surface area contributed by atoms with Gasteiger partial charge in [0.15, 0.2) is 0 Å². The van der Waals surface area contributed by atoms with Crippen LogP contribution >= 0.6 is 0 Å². The molecule has 138 valence electrons. The van der Waals surface area contributed by atoms with E-state index < -0.39 is 0 Å². The van der Waals surface area contributed by atoms with Gasteiger partial charge in [-0.2, -0.15) is 0 Å². The average Bonchev–Trinajstić information content (AvgIpc) is 2.97. The number of likely N-dealkylation sites (N-methyl/N-ethyl adjacent to an activating group) is 1. The summed E-state index contributed by atoms with van der Waals surface area (Å²) in [5, 5.41) is 10.7. The van der Waals surface area contributed by atoms with Crippen molar-refractivity contribution in [3.63, 3.8) is 0 Å². The van der Waals surface area contributed by atoms with Gasteiger partial charge in [-0.15, -0.1) is 0 Å². The highest BCUT2D eigenvalue weighted by molar-refractivity contribution is 5.85. The largest absolute Gasteiger partial charge is 0.396 e. The third kappa shape index (κ3) is 3.62. The van der Waals surface area contributed by atoms with Gasteiger partial charge in [0.05, 0.1) is 11.8 Å². The van der Waals surface area contributed by atoms with E-state index in [0.717, 1.165) is 32.4 Å². The summed E-state index contributed by atoms with van der Waals surface area (Å²) < 4.78 is 6.63.